The second kappa shape index (κ2) is 6.14. The number of carbonyl (C=O) groups excluding carboxylic acids is 3. The van der Waals surface area contributed by atoms with Crippen LogP contribution in [0.5, 0.6) is 0 Å². The number of piperidine rings is 2. The summed E-state index contributed by atoms with van der Waals surface area (Å²) in [5.74, 6) is 0.0856. The quantitative estimate of drug-likeness (QED) is 0.644. The van der Waals surface area contributed by atoms with Crippen molar-refractivity contribution in [1.29, 1.82) is 0 Å². The van der Waals surface area contributed by atoms with Crippen LogP contribution in [0.25, 0.3) is 0 Å². The van der Waals surface area contributed by atoms with Crippen molar-refractivity contribution in [2.24, 2.45) is 11.3 Å². The van der Waals surface area contributed by atoms with Crippen LogP contribution >= 0.6 is 0 Å². The van der Waals surface area contributed by atoms with Crippen molar-refractivity contribution in [3.05, 3.63) is 34.9 Å². The summed E-state index contributed by atoms with van der Waals surface area (Å²) in [6.45, 7) is 4.40. The Balaban J connectivity index is 1.29. The number of nitrogens with one attached hydrogen (secondary N) is 3. The third-order valence-electron chi connectivity index (χ3n) is 6.70. The molecule has 3 N–H and O–H groups in total. The monoisotopic (exact) mass is 368 g/mol. The van der Waals surface area contributed by atoms with Gasteiger partial charge in [0.25, 0.3) is 5.91 Å². The number of hydrogen-bond acceptors (Lipinski definition) is 5. The molecule has 0 bridgehead atoms. The third-order valence-corrected chi connectivity index (χ3v) is 6.70. The van der Waals surface area contributed by atoms with Crippen LogP contribution in [0.15, 0.2) is 18.2 Å². The van der Waals surface area contributed by atoms with E-state index in [1.165, 1.54) is 6.42 Å². The van der Waals surface area contributed by atoms with Crippen LogP contribution in [0.4, 0.5) is 0 Å². The SMILES string of the molecule is O=C1CCC(N2Cc3c(CNC[C@]45CNC[C@H]4C5)cccc3C2=O)C(=O)N1. The Kier molecular flexibility index (Phi) is 3.84. The van der Waals surface area contributed by atoms with Gasteiger partial charge in [-0.3, -0.25) is 19.7 Å². The summed E-state index contributed by atoms with van der Waals surface area (Å²) >= 11 is 0. The lowest BCUT2D eigenvalue weighted by Crippen LogP contribution is -2.52. The van der Waals surface area contributed by atoms with Crippen LogP contribution in [0.2, 0.25) is 0 Å². The summed E-state index contributed by atoms with van der Waals surface area (Å²) in [5.41, 5.74) is 3.25. The van der Waals surface area contributed by atoms with E-state index in [1.807, 2.05) is 12.1 Å². The first-order valence-corrected chi connectivity index (χ1v) is 9.74. The van der Waals surface area contributed by atoms with Gasteiger partial charge in [0.05, 0.1) is 0 Å². The topological polar surface area (TPSA) is 90.5 Å². The number of fused-ring (bicyclic) bond motifs is 2. The van der Waals surface area contributed by atoms with Gasteiger partial charge < -0.3 is 15.5 Å². The van der Waals surface area contributed by atoms with Gasteiger partial charge in [0.1, 0.15) is 6.04 Å². The summed E-state index contributed by atoms with van der Waals surface area (Å²) in [5, 5.41) is 9.39. The minimum atomic E-state index is -0.556. The summed E-state index contributed by atoms with van der Waals surface area (Å²) < 4.78 is 0. The van der Waals surface area contributed by atoms with Gasteiger partial charge in [0, 0.05) is 38.2 Å². The van der Waals surface area contributed by atoms with Gasteiger partial charge in [0.2, 0.25) is 11.8 Å². The van der Waals surface area contributed by atoms with Gasteiger partial charge in [-0.1, -0.05) is 12.1 Å². The van der Waals surface area contributed by atoms with Gasteiger partial charge >= 0.3 is 0 Å². The van der Waals surface area contributed by atoms with Gasteiger partial charge in [-0.15, -0.1) is 0 Å². The average Bonchev–Trinajstić information content (AvgIpc) is 3.00. The number of rotatable bonds is 5. The Bertz CT molecular complexity index is 839. The summed E-state index contributed by atoms with van der Waals surface area (Å²) in [4.78, 5) is 38.1. The standard InChI is InChI=1S/C20H24N4O3/c25-17-5-4-16(18(26)23-17)24-9-15-12(2-1-3-14(15)19(24)27)7-21-10-20-6-13(20)8-22-11-20/h1-3,13,16,21-22H,4-11H2,(H,23,25,26)/t13-,16?,20-/m1/s1. The van der Waals surface area contributed by atoms with Gasteiger partial charge in [-0.05, 0) is 47.9 Å². The zero-order valence-electron chi connectivity index (χ0n) is 15.2. The normalized spacial score (nSPS) is 31.7. The number of nitrogens with zero attached hydrogens (tertiary/aromatic N) is 1. The summed E-state index contributed by atoms with van der Waals surface area (Å²) in [7, 11) is 0. The molecule has 0 spiro atoms. The highest BCUT2D eigenvalue weighted by Crippen LogP contribution is 2.54. The molecule has 5 rings (SSSR count). The molecule has 3 atom stereocenters. The first kappa shape index (κ1) is 16.9. The minimum Gasteiger partial charge on any atom is -0.322 e. The summed E-state index contributed by atoms with van der Waals surface area (Å²) in [6, 6.07) is 5.25. The first-order chi connectivity index (χ1) is 13.1. The first-order valence-electron chi connectivity index (χ1n) is 9.74. The lowest BCUT2D eigenvalue weighted by molar-refractivity contribution is -0.136. The molecule has 3 amide bonds. The van der Waals surface area contributed by atoms with Crippen LogP contribution in [0, 0.1) is 11.3 Å². The number of amides is 3. The molecule has 2 saturated heterocycles. The zero-order valence-corrected chi connectivity index (χ0v) is 15.2. The molecule has 1 saturated carbocycles. The van der Waals surface area contributed by atoms with Crippen molar-refractivity contribution in [3.63, 3.8) is 0 Å². The molecule has 27 heavy (non-hydrogen) atoms. The maximum atomic E-state index is 12.8. The molecule has 3 fully saturated rings. The molecule has 4 aliphatic rings. The molecule has 1 aliphatic carbocycles. The molecule has 7 heteroatoms. The Morgan fingerprint density at radius 3 is 2.89 bits per heavy atom. The smallest absolute Gasteiger partial charge is 0.255 e. The maximum absolute atomic E-state index is 12.8. The Labute approximate surface area is 157 Å². The molecule has 1 aromatic carbocycles. The van der Waals surface area contributed by atoms with Crippen molar-refractivity contribution in [3.8, 4) is 0 Å². The lowest BCUT2D eigenvalue weighted by Gasteiger charge is -2.29. The highest BCUT2D eigenvalue weighted by molar-refractivity contribution is 6.05. The van der Waals surface area contributed by atoms with Crippen LogP contribution in [0.1, 0.15) is 40.7 Å². The fourth-order valence-electron chi connectivity index (χ4n) is 4.97. The fourth-order valence-corrected chi connectivity index (χ4v) is 4.97. The lowest BCUT2D eigenvalue weighted by atomic mass is 10.0. The van der Waals surface area contributed by atoms with Gasteiger partial charge in [0.15, 0.2) is 0 Å². The molecule has 3 aliphatic heterocycles. The van der Waals surface area contributed by atoms with E-state index in [2.05, 4.69) is 22.0 Å². The third kappa shape index (κ3) is 2.76. The van der Waals surface area contributed by atoms with Crippen LogP contribution < -0.4 is 16.0 Å². The van der Waals surface area contributed by atoms with Gasteiger partial charge in [-0.2, -0.15) is 0 Å². The number of benzene rings is 1. The van der Waals surface area contributed by atoms with E-state index in [0.717, 1.165) is 43.2 Å². The minimum absolute atomic E-state index is 0.109. The van der Waals surface area contributed by atoms with E-state index in [-0.39, 0.29) is 24.1 Å². The largest absolute Gasteiger partial charge is 0.322 e. The zero-order chi connectivity index (χ0) is 18.6. The Morgan fingerprint density at radius 1 is 1.26 bits per heavy atom. The number of carbonyl (C=O) groups is 3. The molecular formula is C20H24N4O3. The predicted molar refractivity (Wildman–Crippen MR) is 97.6 cm³/mol. The molecule has 0 aromatic heterocycles. The average molecular weight is 368 g/mol. The van der Waals surface area contributed by atoms with Crippen molar-refractivity contribution in [2.45, 2.75) is 38.4 Å². The van der Waals surface area contributed by atoms with Crippen molar-refractivity contribution < 1.29 is 14.4 Å². The number of hydrogen-bond donors (Lipinski definition) is 3. The molecule has 7 nitrogen and oxygen atoms in total. The van der Waals surface area contributed by atoms with Crippen LogP contribution in [-0.2, 0) is 22.7 Å². The molecular weight excluding hydrogens is 344 g/mol. The predicted octanol–water partition coefficient (Wildman–Crippen LogP) is 0.147. The van der Waals surface area contributed by atoms with Crippen molar-refractivity contribution >= 4 is 17.7 Å². The van der Waals surface area contributed by atoms with Crippen LogP contribution in [-0.4, -0.2) is 48.3 Å². The van der Waals surface area contributed by atoms with Crippen molar-refractivity contribution in [2.75, 3.05) is 19.6 Å². The highest BCUT2D eigenvalue weighted by atomic mass is 16.2. The highest BCUT2D eigenvalue weighted by Gasteiger charge is 2.56. The molecule has 0 radical (unpaired) electrons. The molecule has 3 heterocycles. The fraction of sp³-hybridized carbons (Fsp3) is 0.550. The Morgan fingerprint density at radius 2 is 2.15 bits per heavy atom. The van der Waals surface area contributed by atoms with E-state index in [0.29, 0.717) is 23.9 Å². The van der Waals surface area contributed by atoms with Gasteiger partial charge in [-0.25, -0.2) is 0 Å². The molecule has 1 aromatic rings. The second-order valence-electron chi connectivity index (χ2n) is 8.34. The number of imide groups is 1. The van der Waals surface area contributed by atoms with E-state index in [9.17, 15) is 14.4 Å². The van der Waals surface area contributed by atoms with Crippen molar-refractivity contribution in [1.82, 2.24) is 20.9 Å². The van der Waals surface area contributed by atoms with E-state index >= 15 is 0 Å². The molecule has 1 unspecified atom stereocenters. The maximum Gasteiger partial charge on any atom is 0.255 e. The molecule has 142 valence electrons. The van der Waals surface area contributed by atoms with Crippen LogP contribution in [0.3, 0.4) is 0 Å². The second-order valence-corrected chi connectivity index (χ2v) is 8.34. The van der Waals surface area contributed by atoms with E-state index in [1.54, 1.807) is 4.90 Å². The summed E-state index contributed by atoms with van der Waals surface area (Å²) in [6.07, 6.45) is 1.98. The van der Waals surface area contributed by atoms with E-state index in [4.69, 9.17) is 0 Å². The Hall–Kier alpha value is -2.25. The van der Waals surface area contributed by atoms with E-state index < -0.39 is 6.04 Å².